The third-order valence-corrected chi connectivity index (χ3v) is 3.77. The Labute approximate surface area is 162 Å². The Morgan fingerprint density at radius 2 is 1.75 bits per heavy atom. The molecule has 28 heavy (non-hydrogen) atoms. The summed E-state index contributed by atoms with van der Waals surface area (Å²) in [6.45, 7) is 0.979. The lowest BCUT2D eigenvalue weighted by atomic mass is 10.2. The molecule has 0 aliphatic rings. The molecule has 1 aromatic heterocycles. The summed E-state index contributed by atoms with van der Waals surface area (Å²) in [7, 11) is 1.62. The molecular formula is C20H20N4O4. The van der Waals surface area contributed by atoms with Crippen LogP contribution in [0, 0.1) is 0 Å². The minimum absolute atomic E-state index is 0.229. The Hall–Kier alpha value is -3.81. The molecule has 3 rings (SSSR count). The second-order valence-electron chi connectivity index (χ2n) is 5.72. The van der Waals surface area contributed by atoms with Crippen LogP contribution in [-0.2, 0) is 0 Å². The summed E-state index contributed by atoms with van der Waals surface area (Å²) in [5, 5.41) is 15.1. The number of aromatic nitrogens is 2. The maximum Gasteiger partial charge on any atom is 0.335 e. The van der Waals surface area contributed by atoms with Gasteiger partial charge in [0.25, 0.3) is 0 Å². The molecule has 0 spiro atoms. The van der Waals surface area contributed by atoms with Gasteiger partial charge in [-0.1, -0.05) is 0 Å². The number of carbonyl (C=O) groups is 1. The van der Waals surface area contributed by atoms with Crippen LogP contribution < -0.4 is 20.1 Å². The first-order valence-corrected chi connectivity index (χ1v) is 8.58. The molecule has 144 valence electrons. The van der Waals surface area contributed by atoms with Crippen LogP contribution in [0.2, 0.25) is 0 Å². The predicted octanol–water partition coefficient (Wildman–Crippen LogP) is 3.42. The highest BCUT2D eigenvalue weighted by atomic mass is 16.5. The summed E-state index contributed by atoms with van der Waals surface area (Å²) < 4.78 is 10.8. The highest BCUT2D eigenvalue weighted by molar-refractivity contribution is 5.88. The van der Waals surface area contributed by atoms with Gasteiger partial charge < -0.3 is 25.2 Å². The number of ether oxygens (including phenoxy) is 2. The second kappa shape index (κ2) is 9.22. The van der Waals surface area contributed by atoms with Crippen LogP contribution in [0.25, 0.3) is 0 Å². The first-order chi connectivity index (χ1) is 13.6. The van der Waals surface area contributed by atoms with Crippen LogP contribution in [0.15, 0.2) is 60.8 Å². The normalized spacial score (nSPS) is 10.2. The van der Waals surface area contributed by atoms with Crippen molar-refractivity contribution in [2.24, 2.45) is 0 Å². The van der Waals surface area contributed by atoms with Crippen LogP contribution in [0.4, 0.5) is 17.5 Å². The Kier molecular flexibility index (Phi) is 6.25. The van der Waals surface area contributed by atoms with Crippen LogP contribution in [0.5, 0.6) is 11.5 Å². The van der Waals surface area contributed by atoms with E-state index in [2.05, 4.69) is 20.6 Å². The monoisotopic (exact) mass is 380 g/mol. The lowest BCUT2D eigenvalue weighted by Gasteiger charge is -2.10. The van der Waals surface area contributed by atoms with Crippen molar-refractivity contribution in [3.63, 3.8) is 0 Å². The van der Waals surface area contributed by atoms with E-state index in [1.807, 2.05) is 24.3 Å². The lowest BCUT2D eigenvalue weighted by Crippen LogP contribution is -2.13. The molecule has 0 radical (unpaired) electrons. The summed E-state index contributed by atoms with van der Waals surface area (Å²) in [5.41, 5.74) is 0.963. The Morgan fingerprint density at radius 1 is 1.04 bits per heavy atom. The van der Waals surface area contributed by atoms with Gasteiger partial charge in [0.15, 0.2) is 0 Å². The van der Waals surface area contributed by atoms with Gasteiger partial charge in [0.2, 0.25) is 5.95 Å². The van der Waals surface area contributed by atoms with Crippen molar-refractivity contribution >= 4 is 23.4 Å². The predicted molar refractivity (Wildman–Crippen MR) is 106 cm³/mol. The molecule has 0 unspecified atom stereocenters. The quantitative estimate of drug-likeness (QED) is 0.485. The maximum atomic E-state index is 10.9. The molecule has 0 atom stereocenters. The van der Waals surface area contributed by atoms with Crippen LogP contribution in [0.3, 0.4) is 0 Å². The van der Waals surface area contributed by atoms with Crippen molar-refractivity contribution in [1.82, 2.24) is 9.97 Å². The van der Waals surface area contributed by atoms with Crippen molar-refractivity contribution in [3.8, 4) is 11.5 Å². The van der Waals surface area contributed by atoms with E-state index in [4.69, 9.17) is 14.6 Å². The SMILES string of the molecule is COc1ccc(OCCNc2nccc(Nc3ccc(C(=O)O)cc3)n2)cc1. The standard InChI is InChI=1S/C20H20N4O4/c1-27-16-6-8-17(9-7-16)28-13-12-22-20-21-11-10-18(24-20)23-15-4-2-14(3-5-15)19(25)26/h2-11H,12-13H2,1H3,(H,25,26)(H2,21,22,23,24). The maximum absolute atomic E-state index is 10.9. The number of rotatable bonds is 9. The summed E-state index contributed by atoms with van der Waals surface area (Å²) in [6, 6.07) is 15.5. The number of aromatic carboxylic acids is 1. The summed E-state index contributed by atoms with van der Waals surface area (Å²) in [4.78, 5) is 19.4. The topological polar surface area (TPSA) is 106 Å². The Balaban J connectivity index is 1.49. The number of nitrogens with zero attached hydrogens (tertiary/aromatic N) is 2. The van der Waals surface area contributed by atoms with Gasteiger partial charge in [0.05, 0.1) is 19.2 Å². The van der Waals surface area contributed by atoms with E-state index in [0.717, 1.165) is 17.2 Å². The first kappa shape index (κ1) is 19.0. The Bertz CT molecular complexity index is 914. The number of carboxylic acids is 1. The van der Waals surface area contributed by atoms with Crippen molar-refractivity contribution in [2.45, 2.75) is 0 Å². The second-order valence-corrected chi connectivity index (χ2v) is 5.72. The molecule has 0 saturated heterocycles. The molecule has 0 bridgehead atoms. The number of hydrogen-bond acceptors (Lipinski definition) is 7. The van der Waals surface area contributed by atoms with E-state index in [1.165, 1.54) is 12.1 Å². The fourth-order valence-corrected chi connectivity index (χ4v) is 2.36. The zero-order chi connectivity index (χ0) is 19.8. The van der Waals surface area contributed by atoms with E-state index in [0.29, 0.717) is 24.9 Å². The van der Waals surface area contributed by atoms with Gasteiger partial charge in [0, 0.05) is 11.9 Å². The van der Waals surface area contributed by atoms with Gasteiger partial charge in [0.1, 0.15) is 23.9 Å². The average Bonchev–Trinajstić information content (AvgIpc) is 2.72. The molecular weight excluding hydrogens is 360 g/mol. The van der Waals surface area contributed by atoms with Crippen molar-refractivity contribution in [3.05, 3.63) is 66.4 Å². The molecule has 0 fully saturated rings. The third-order valence-electron chi connectivity index (χ3n) is 3.77. The largest absolute Gasteiger partial charge is 0.497 e. The molecule has 0 amide bonds. The molecule has 0 aliphatic heterocycles. The number of hydrogen-bond donors (Lipinski definition) is 3. The van der Waals surface area contributed by atoms with Gasteiger partial charge in [-0.3, -0.25) is 0 Å². The van der Waals surface area contributed by atoms with E-state index in [1.54, 1.807) is 31.5 Å². The van der Waals surface area contributed by atoms with Gasteiger partial charge in [-0.05, 0) is 54.6 Å². The fraction of sp³-hybridized carbons (Fsp3) is 0.150. The lowest BCUT2D eigenvalue weighted by molar-refractivity contribution is 0.0697. The number of benzene rings is 2. The minimum atomic E-state index is -0.961. The van der Waals surface area contributed by atoms with E-state index >= 15 is 0 Å². The Morgan fingerprint density at radius 3 is 2.43 bits per heavy atom. The van der Waals surface area contributed by atoms with Crippen molar-refractivity contribution < 1.29 is 19.4 Å². The third kappa shape index (κ3) is 5.34. The zero-order valence-electron chi connectivity index (χ0n) is 15.3. The molecule has 8 heteroatoms. The first-order valence-electron chi connectivity index (χ1n) is 8.58. The van der Waals surface area contributed by atoms with E-state index in [-0.39, 0.29) is 5.56 Å². The molecule has 3 aromatic rings. The summed E-state index contributed by atoms with van der Waals surface area (Å²) in [6.07, 6.45) is 1.63. The highest BCUT2D eigenvalue weighted by Gasteiger charge is 2.03. The fourth-order valence-electron chi connectivity index (χ4n) is 2.36. The van der Waals surface area contributed by atoms with Crippen LogP contribution in [0.1, 0.15) is 10.4 Å². The zero-order valence-corrected chi connectivity index (χ0v) is 15.3. The molecule has 3 N–H and O–H groups in total. The molecule has 1 heterocycles. The van der Waals surface area contributed by atoms with Gasteiger partial charge in [-0.2, -0.15) is 4.98 Å². The van der Waals surface area contributed by atoms with Crippen LogP contribution >= 0.6 is 0 Å². The number of methoxy groups -OCH3 is 1. The van der Waals surface area contributed by atoms with E-state index in [9.17, 15) is 4.79 Å². The van der Waals surface area contributed by atoms with E-state index < -0.39 is 5.97 Å². The number of nitrogens with one attached hydrogen (secondary N) is 2. The molecule has 8 nitrogen and oxygen atoms in total. The smallest absolute Gasteiger partial charge is 0.335 e. The highest BCUT2D eigenvalue weighted by Crippen LogP contribution is 2.17. The molecule has 2 aromatic carbocycles. The molecule has 0 saturated carbocycles. The summed E-state index contributed by atoms with van der Waals surface area (Å²) >= 11 is 0. The van der Waals surface area contributed by atoms with Gasteiger partial charge in [-0.15, -0.1) is 0 Å². The van der Waals surface area contributed by atoms with Gasteiger partial charge >= 0.3 is 5.97 Å². The number of carboxylic acid groups (broad SMARTS) is 1. The van der Waals surface area contributed by atoms with Crippen molar-refractivity contribution in [2.75, 3.05) is 30.9 Å². The van der Waals surface area contributed by atoms with Crippen LogP contribution in [-0.4, -0.2) is 41.3 Å². The average molecular weight is 380 g/mol. The van der Waals surface area contributed by atoms with Gasteiger partial charge in [-0.25, -0.2) is 9.78 Å². The molecule has 0 aliphatic carbocycles. The van der Waals surface area contributed by atoms with Crippen molar-refractivity contribution in [1.29, 1.82) is 0 Å². The summed E-state index contributed by atoms with van der Waals surface area (Å²) in [5.74, 6) is 1.63. The minimum Gasteiger partial charge on any atom is -0.497 e. The number of anilines is 3.